The van der Waals surface area contributed by atoms with E-state index in [-0.39, 0.29) is 5.69 Å². The minimum atomic E-state index is -0.676. The van der Waals surface area contributed by atoms with Gasteiger partial charge in [0.2, 0.25) is 0 Å². The number of carbonyl (C=O) groups excluding carboxylic acids is 2. The van der Waals surface area contributed by atoms with Gasteiger partial charge in [0.1, 0.15) is 5.75 Å². The van der Waals surface area contributed by atoms with Crippen LogP contribution in [0.2, 0.25) is 0 Å². The molecule has 1 aromatic heterocycles. The lowest BCUT2D eigenvalue weighted by Gasteiger charge is -2.12. The number of rotatable bonds is 6. The summed E-state index contributed by atoms with van der Waals surface area (Å²) in [5.41, 5.74) is 2.70. The Morgan fingerprint density at radius 1 is 0.964 bits per heavy atom. The van der Waals surface area contributed by atoms with E-state index in [1.165, 1.54) is 17.8 Å². The number of benzene rings is 2. The molecule has 0 spiro atoms. The van der Waals surface area contributed by atoms with Gasteiger partial charge in [-0.15, -0.1) is 0 Å². The van der Waals surface area contributed by atoms with E-state index in [0.717, 1.165) is 6.08 Å². The van der Waals surface area contributed by atoms with Crippen molar-refractivity contribution < 1.29 is 19.5 Å². The molecule has 28 heavy (non-hydrogen) atoms. The summed E-state index contributed by atoms with van der Waals surface area (Å²) >= 11 is 0. The van der Waals surface area contributed by atoms with Crippen LogP contribution in [0.25, 0.3) is 6.08 Å². The predicted molar refractivity (Wildman–Crippen MR) is 104 cm³/mol. The fraction of sp³-hybridized carbons (Fsp3) is 0. The van der Waals surface area contributed by atoms with Crippen molar-refractivity contribution in [2.45, 2.75) is 0 Å². The standard InChI is InChI=1S/C21H17N3O4/c25-19(24-27)13-12-15-7-4-5-10-17(15)23-21(26)20-18(11-6-14-22-20)28-16-8-2-1-3-9-16/h1-14,27H,(H,23,26)(H,24,25). The molecule has 0 fully saturated rings. The van der Waals surface area contributed by atoms with Crippen LogP contribution in [0.1, 0.15) is 16.1 Å². The molecular formula is C21H17N3O4. The Labute approximate surface area is 161 Å². The minimum Gasteiger partial charge on any atom is -0.455 e. The average Bonchev–Trinajstić information content (AvgIpc) is 2.74. The highest BCUT2D eigenvalue weighted by Crippen LogP contribution is 2.25. The SMILES string of the molecule is O=C(C=Cc1ccccc1NC(=O)c1ncccc1Oc1ccccc1)NO. The number of hydrogen-bond acceptors (Lipinski definition) is 5. The van der Waals surface area contributed by atoms with E-state index >= 15 is 0 Å². The Kier molecular flexibility index (Phi) is 6.12. The third-order valence-electron chi connectivity index (χ3n) is 3.69. The van der Waals surface area contributed by atoms with Gasteiger partial charge in [0.25, 0.3) is 11.8 Å². The highest BCUT2D eigenvalue weighted by molar-refractivity contribution is 6.06. The molecule has 3 N–H and O–H groups in total. The fourth-order valence-electron chi connectivity index (χ4n) is 2.40. The Morgan fingerprint density at radius 3 is 2.50 bits per heavy atom. The van der Waals surface area contributed by atoms with Gasteiger partial charge in [-0.25, -0.2) is 10.5 Å². The van der Waals surface area contributed by atoms with E-state index in [2.05, 4.69) is 10.3 Å². The molecule has 3 aromatic rings. The van der Waals surface area contributed by atoms with Crippen molar-refractivity contribution in [3.63, 3.8) is 0 Å². The first-order valence-electron chi connectivity index (χ1n) is 8.38. The van der Waals surface area contributed by atoms with Crippen molar-refractivity contribution >= 4 is 23.6 Å². The molecule has 1 heterocycles. The maximum absolute atomic E-state index is 12.8. The monoisotopic (exact) mass is 375 g/mol. The molecule has 2 amide bonds. The summed E-state index contributed by atoms with van der Waals surface area (Å²) in [5.74, 6) is -0.231. The summed E-state index contributed by atoms with van der Waals surface area (Å²) in [6.45, 7) is 0. The molecule has 0 atom stereocenters. The van der Waals surface area contributed by atoms with E-state index in [9.17, 15) is 9.59 Å². The number of ether oxygens (including phenoxy) is 1. The molecule has 0 radical (unpaired) electrons. The second-order valence-electron chi connectivity index (χ2n) is 5.62. The molecule has 0 saturated heterocycles. The average molecular weight is 375 g/mol. The zero-order valence-electron chi connectivity index (χ0n) is 14.7. The van der Waals surface area contributed by atoms with Crippen molar-refractivity contribution in [1.29, 1.82) is 0 Å². The molecule has 0 aliphatic heterocycles. The highest BCUT2D eigenvalue weighted by atomic mass is 16.5. The molecule has 0 unspecified atom stereocenters. The third-order valence-corrected chi connectivity index (χ3v) is 3.69. The molecule has 2 aromatic carbocycles. The van der Waals surface area contributed by atoms with Crippen molar-refractivity contribution in [2.24, 2.45) is 0 Å². The topological polar surface area (TPSA) is 101 Å². The van der Waals surface area contributed by atoms with E-state index in [0.29, 0.717) is 22.7 Å². The van der Waals surface area contributed by atoms with Gasteiger partial charge in [-0.05, 0) is 42.0 Å². The first kappa shape index (κ1) is 18.8. The molecule has 0 aliphatic rings. The van der Waals surface area contributed by atoms with Gasteiger partial charge in [-0.1, -0.05) is 36.4 Å². The molecule has 140 valence electrons. The largest absolute Gasteiger partial charge is 0.455 e. The van der Waals surface area contributed by atoms with Crippen LogP contribution in [-0.2, 0) is 4.79 Å². The number of nitrogens with zero attached hydrogens (tertiary/aromatic N) is 1. The van der Waals surface area contributed by atoms with Crippen molar-refractivity contribution in [3.05, 3.63) is 90.3 Å². The number of hydrogen-bond donors (Lipinski definition) is 3. The fourth-order valence-corrected chi connectivity index (χ4v) is 2.40. The van der Waals surface area contributed by atoms with E-state index in [4.69, 9.17) is 9.94 Å². The second kappa shape index (κ2) is 9.11. The molecule has 0 aliphatic carbocycles. The Balaban J connectivity index is 1.83. The molecular weight excluding hydrogens is 358 g/mol. The number of pyridine rings is 1. The van der Waals surface area contributed by atoms with Crippen LogP contribution in [0.4, 0.5) is 5.69 Å². The normalized spacial score (nSPS) is 10.5. The first-order chi connectivity index (χ1) is 13.7. The maximum atomic E-state index is 12.8. The van der Waals surface area contributed by atoms with Crippen LogP contribution in [0, 0.1) is 0 Å². The molecule has 7 heteroatoms. The van der Waals surface area contributed by atoms with Gasteiger partial charge >= 0.3 is 0 Å². The van der Waals surface area contributed by atoms with Crippen molar-refractivity contribution in [2.75, 3.05) is 5.32 Å². The zero-order valence-corrected chi connectivity index (χ0v) is 14.7. The Morgan fingerprint density at radius 2 is 1.71 bits per heavy atom. The quantitative estimate of drug-likeness (QED) is 0.347. The van der Waals surface area contributed by atoms with Gasteiger partial charge in [0, 0.05) is 18.0 Å². The summed E-state index contributed by atoms with van der Waals surface area (Å²) in [6, 6.07) is 19.3. The van der Waals surface area contributed by atoms with Crippen LogP contribution in [0.15, 0.2) is 79.0 Å². The summed E-state index contributed by atoms with van der Waals surface area (Å²) < 4.78 is 5.77. The van der Waals surface area contributed by atoms with E-state index < -0.39 is 11.8 Å². The molecule has 3 rings (SSSR count). The van der Waals surface area contributed by atoms with Crippen LogP contribution < -0.4 is 15.5 Å². The van der Waals surface area contributed by atoms with E-state index in [1.807, 2.05) is 18.2 Å². The van der Waals surface area contributed by atoms with E-state index in [1.54, 1.807) is 48.5 Å². The number of hydroxylamine groups is 1. The smallest absolute Gasteiger partial charge is 0.278 e. The lowest BCUT2D eigenvalue weighted by molar-refractivity contribution is -0.124. The van der Waals surface area contributed by atoms with Gasteiger partial charge in [0.15, 0.2) is 11.4 Å². The second-order valence-corrected chi connectivity index (χ2v) is 5.62. The van der Waals surface area contributed by atoms with Gasteiger partial charge in [0.05, 0.1) is 0 Å². The lowest BCUT2D eigenvalue weighted by Crippen LogP contribution is -2.16. The van der Waals surface area contributed by atoms with Crippen LogP contribution in [0.3, 0.4) is 0 Å². The summed E-state index contributed by atoms with van der Waals surface area (Å²) in [5, 5.41) is 11.4. The number of anilines is 1. The molecule has 0 bridgehead atoms. The van der Waals surface area contributed by atoms with Crippen LogP contribution in [-0.4, -0.2) is 22.0 Å². The number of carbonyl (C=O) groups is 2. The number of para-hydroxylation sites is 2. The minimum absolute atomic E-state index is 0.123. The predicted octanol–water partition coefficient (Wildman–Crippen LogP) is 3.64. The van der Waals surface area contributed by atoms with Gasteiger partial charge < -0.3 is 10.1 Å². The van der Waals surface area contributed by atoms with Crippen molar-refractivity contribution in [1.82, 2.24) is 10.5 Å². The lowest BCUT2D eigenvalue weighted by atomic mass is 10.1. The maximum Gasteiger partial charge on any atom is 0.278 e. The Hall–Kier alpha value is -3.97. The summed E-state index contributed by atoms with van der Waals surface area (Å²) in [6.07, 6.45) is 4.13. The molecule has 0 saturated carbocycles. The number of amides is 2. The Bertz CT molecular complexity index is 1000. The van der Waals surface area contributed by atoms with Crippen LogP contribution in [0.5, 0.6) is 11.5 Å². The molecule has 7 nitrogen and oxygen atoms in total. The van der Waals surface area contributed by atoms with Gasteiger partial charge in [-0.3, -0.25) is 14.8 Å². The zero-order chi connectivity index (χ0) is 19.8. The van der Waals surface area contributed by atoms with Gasteiger partial charge in [-0.2, -0.15) is 0 Å². The third kappa shape index (κ3) is 4.80. The number of nitrogens with one attached hydrogen (secondary N) is 2. The number of aromatic nitrogens is 1. The highest BCUT2D eigenvalue weighted by Gasteiger charge is 2.16. The first-order valence-corrected chi connectivity index (χ1v) is 8.38. The van der Waals surface area contributed by atoms with Crippen molar-refractivity contribution in [3.8, 4) is 11.5 Å². The summed E-state index contributed by atoms with van der Waals surface area (Å²) in [7, 11) is 0. The van der Waals surface area contributed by atoms with Crippen LogP contribution >= 0.6 is 0 Å². The summed E-state index contributed by atoms with van der Waals surface area (Å²) in [4.78, 5) is 28.1.